The Labute approximate surface area is 60.8 Å². The van der Waals surface area contributed by atoms with E-state index >= 15 is 0 Å². The maximum Gasteiger partial charge on any atom is 1.00 e. The molecular weight excluding hydrogens is 85.0 g/mol. The summed E-state index contributed by atoms with van der Waals surface area (Å²) in [7, 11) is 0. The summed E-state index contributed by atoms with van der Waals surface area (Å²) in [6.45, 7) is 2.25. The minimum atomic E-state index is 0. The molecule has 0 saturated carbocycles. The van der Waals surface area contributed by atoms with E-state index < -0.39 is 0 Å². The van der Waals surface area contributed by atoms with Crippen molar-refractivity contribution in [3.8, 4) is 0 Å². The van der Waals surface area contributed by atoms with E-state index in [-0.39, 0.29) is 29.6 Å². The Kier molecular flexibility index (Phi) is 4.79. The van der Waals surface area contributed by atoms with Crippen LogP contribution in [0.1, 0.15) is 12.8 Å². The number of hydrogen-bond acceptors (Lipinski definition) is 0. The van der Waals surface area contributed by atoms with Crippen LogP contribution < -0.4 is 29.6 Å². The number of nitrogens with zero attached hydrogens (tertiary/aromatic N) is 1. The summed E-state index contributed by atoms with van der Waals surface area (Å²) in [5, 5.41) is 4.08. The van der Waals surface area contributed by atoms with Gasteiger partial charge in [0.1, 0.15) is 0 Å². The van der Waals surface area contributed by atoms with Gasteiger partial charge in [-0.3, -0.25) is 0 Å². The van der Waals surface area contributed by atoms with E-state index in [0.29, 0.717) is 0 Å². The Bertz CT molecular complexity index is 19.1. The molecule has 2 heteroatoms. The van der Waals surface area contributed by atoms with Crippen molar-refractivity contribution in [3.63, 3.8) is 0 Å². The van der Waals surface area contributed by atoms with Crippen molar-refractivity contribution in [2.45, 2.75) is 12.8 Å². The molecule has 0 unspecified atom stereocenters. The second-order valence-corrected chi connectivity index (χ2v) is 1.38. The Balaban J connectivity index is 0.000000250. The standard InChI is InChI=1S/C4H8N.Na/c1-2-4-5-3-1;/h1-4H2;/q-1;+1. The second kappa shape index (κ2) is 4.13. The maximum absolute atomic E-state index is 4.08. The van der Waals surface area contributed by atoms with Crippen molar-refractivity contribution < 1.29 is 29.6 Å². The van der Waals surface area contributed by atoms with Crippen LogP contribution in [0.4, 0.5) is 0 Å². The van der Waals surface area contributed by atoms with Gasteiger partial charge in [-0.15, -0.1) is 13.1 Å². The van der Waals surface area contributed by atoms with Crippen LogP contribution in [0, 0.1) is 0 Å². The van der Waals surface area contributed by atoms with Crippen LogP contribution in [-0.2, 0) is 0 Å². The Morgan fingerprint density at radius 2 is 1.50 bits per heavy atom. The van der Waals surface area contributed by atoms with Gasteiger partial charge in [0.15, 0.2) is 0 Å². The molecule has 0 aliphatic carbocycles. The molecule has 0 aromatic heterocycles. The van der Waals surface area contributed by atoms with Gasteiger partial charge < -0.3 is 5.32 Å². The number of hydrogen-bond donors (Lipinski definition) is 0. The molecule has 0 aromatic carbocycles. The van der Waals surface area contributed by atoms with E-state index in [4.69, 9.17) is 0 Å². The second-order valence-electron chi connectivity index (χ2n) is 1.38. The molecule has 1 heterocycles. The molecule has 1 rings (SSSR count). The van der Waals surface area contributed by atoms with Crippen LogP contribution in [0.3, 0.4) is 0 Å². The smallest absolute Gasteiger partial charge is 0.662 e. The quantitative estimate of drug-likeness (QED) is 0.312. The normalized spacial score (nSPS) is 20.0. The Morgan fingerprint density at radius 1 is 1.00 bits per heavy atom. The van der Waals surface area contributed by atoms with E-state index in [1.165, 1.54) is 12.8 Å². The third kappa shape index (κ3) is 2.19. The first-order valence-corrected chi connectivity index (χ1v) is 2.13. The molecular formula is C4H8NNa. The van der Waals surface area contributed by atoms with Gasteiger partial charge in [0.05, 0.1) is 0 Å². The first kappa shape index (κ1) is 6.96. The van der Waals surface area contributed by atoms with Crippen LogP contribution >= 0.6 is 0 Å². The number of rotatable bonds is 0. The van der Waals surface area contributed by atoms with E-state index in [1.54, 1.807) is 0 Å². The molecule has 1 aliphatic heterocycles. The van der Waals surface area contributed by atoms with E-state index in [0.717, 1.165) is 13.1 Å². The fraction of sp³-hybridized carbons (Fsp3) is 1.00. The molecule has 0 bridgehead atoms. The average molecular weight is 93.1 g/mol. The zero-order chi connectivity index (χ0) is 3.54. The van der Waals surface area contributed by atoms with Crippen molar-refractivity contribution in [1.82, 2.24) is 0 Å². The third-order valence-electron chi connectivity index (χ3n) is 0.882. The van der Waals surface area contributed by atoms with Gasteiger partial charge in [0.25, 0.3) is 0 Å². The molecule has 1 nitrogen and oxygen atoms in total. The van der Waals surface area contributed by atoms with Crippen LogP contribution in [-0.4, -0.2) is 13.1 Å². The summed E-state index contributed by atoms with van der Waals surface area (Å²) in [4.78, 5) is 0. The molecule has 0 N–H and O–H groups in total. The molecule has 6 heavy (non-hydrogen) atoms. The van der Waals surface area contributed by atoms with E-state index in [1.807, 2.05) is 0 Å². The molecule has 0 amide bonds. The van der Waals surface area contributed by atoms with E-state index in [2.05, 4.69) is 5.32 Å². The van der Waals surface area contributed by atoms with Crippen LogP contribution in [0.5, 0.6) is 0 Å². The fourth-order valence-corrected chi connectivity index (χ4v) is 0.559. The average Bonchev–Trinajstić information content (AvgIpc) is 1.76. The van der Waals surface area contributed by atoms with Crippen molar-refractivity contribution in [2.75, 3.05) is 13.1 Å². The van der Waals surface area contributed by atoms with E-state index in [9.17, 15) is 0 Å². The van der Waals surface area contributed by atoms with Gasteiger partial charge in [0.2, 0.25) is 0 Å². The predicted molar refractivity (Wildman–Crippen MR) is 22.3 cm³/mol. The Hall–Kier alpha value is 0.960. The maximum atomic E-state index is 4.08. The molecule has 0 radical (unpaired) electrons. The molecule has 0 spiro atoms. The molecule has 0 aromatic rings. The van der Waals surface area contributed by atoms with Gasteiger partial charge >= 0.3 is 29.6 Å². The van der Waals surface area contributed by atoms with Crippen LogP contribution in [0.15, 0.2) is 0 Å². The molecule has 1 fully saturated rings. The van der Waals surface area contributed by atoms with Crippen molar-refractivity contribution in [2.24, 2.45) is 0 Å². The van der Waals surface area contributed by atoms with Crippen molar-refractivity contribution in [1.29, 1.82) is 0 Å². The minimum Gasteiger partial charge on any atom is -0.662 e. The summed E-state index contributed by atoms with van der Waals surface area (Å²) in [5.74, 6) is 0. The summed E-state index contributed by atoms with van der Waals surface area (Å²) >= 11 is 0. The summed E-state index contributed by atoms with van der Waals surface area (Å²) in [6.07, 6.45) is 2.67. The van der Waals surface area contributed by atoms with Gasteiger partial charge in [-0.2, -0.15) is 0 Å². The zero-order valence-corrected chi connectivity index (χ0v) is 6.28. The van der Waals surface area contributed by atoms with Crippen molar-refractivity contribution >= 4 is 0 Å². The zero-order valence-electron chi connectivity index (χ0n) is 4.28. The van der Waals surface area contributed by atoms with Gasteiger partial charge in [0, 0.05) is 0 Å². The van der Waals surface area contributed by atoms with Crippen LogP contribution in [0.25, 0.3) is 5.32 Å². The minimum absolute atomic E-state index is 0. The largest absolute Gasteiger partial charge is 1.00 e. The molecule has 0 atom stereocenters. The summed E-state index contributed by atoms with van der Waals surface area (Å²) < 4.78 is 0. The molecule has 1 aliphatic rings. The first-order valence-electron chi connectivity index (χ1n) is 2.13. The SMILES string of the molecule is C1CC[N-]C1.[Na+]. The summed E-state index contributed by atoms with van der Waals surface area (Å²) in [5.41, 5.74) is 0. The third-order valence-corrected chi connectivity index (χ3v) is 0.882. The van der Waals surface area contributed by atoms with Gasteiger partial charge in [-0.1, -0.05) is 12.8 Å². The predicted octanol–water partition coefficient (Wildman–Crippen LogP) is -1.84. The monoisotopic (exact) mass is 93.1 g/mol. The van der Waals surface area contributed by atoms with Gasteiger partial charge in [-0.05, 0) is 0 Å². The van der Waals surface area contributed by atoms with Crippen LogP contribution in [0.2, 0.25) is 0 Å². The summed E-state index contributed by atoms with van der Waals surface area (Å²) in [6, 6.07) is 0. The Morgan fingerprint density at radius 3 is 1.67 bits per heavy atom. The molecule has 1 saturated heterocycles. The first-order chi connectivity index (χ1) is 2.50. The molecule has 30 valence electrons. The van der Waals surface area contributed by atoms with Crippen molar-refractivity contribution in [3.05, 3.63) is 5.32 Å². The fourth-order valence-electron chi connectivity index (χ4n) is 0.559. The van der Waals surface area contributed by atoms with Gasteiger partial charge in [-0.25, -0.2) is 0 Å². The topological polar surface area (TPSA) is 14.1 Å².